The number of amides is 1. The zero-order valence-electron chi connectivity index (χ0n) is 14.5. The molecule has 0 aromatic heterocycles. The molecule has 3 N–H and O–H groups in total. The quantitative estimate of drug-likeness (QED) is 0.725. The van der Waals surface area contributed by atoms with E-state index in [1.807, 2.05) is 48.5 Å². The van der Waals surface area contributed by atoms with E-state index in [4.69, 9.17) is 4.74 Å². The van der Waals surface area contributed by atoms with Gasteiger partial charge in [0.05, 0.1) is 18.4 Å². The summed E-state index contributed by atoms with van der Waals surface area (Å²) in [7, 11) is 1.64. The average Bonchev–Trinajstić information content (AvgIpc) is 3.16. The van der Waals surface area contributed by atoms with Crippen molar-refractivity contribution in [3.63, 3.8) is 0 Å². The van der Waals surface area contributed by atoms with Crippen molar-refractivity contribution in [1.29, 1.82) is 0 Å². The Morgan fingerprint density at radius 3 is 2.72 bits per heavy atom. The van der Waals surface area contributed by atoms with Crippen LogP contribution in [-0.2, 0) is 0 Å². The number of methoxy groups -OCH3 is 1. The van der Waals surface area contributed by atoms with Crippen molar-refractivity contribution in [2.24, 2.45) is 5.92 Å². The van der Waals surface area contributed by atoms with E-state index in [1.54, 1.807) is 7.11 Å². The molecular formula is C20H25N3O2. The third kappa shape index (κ3) is 4.73. The van der Waals surface area contributed by atoms with Gasteiger partial charge < -0.3 is 20.7 Å². The summed E-state index contributed by atoms with van der Waals surface area (Å²) in [6.07, 6.45) is 2.22. The van der Waals surface area contributed by atoms with Crippen molar-refractivity contribution in [2.45, 2.75) is 12.8 Å². The molecule has 132 valence electrons. The average molecular weight is 339 g/mol. The van der Waals surface area contributed by atoms with Crippen LogP contribution in [0, 0.1) is 5.92 Å². The van der Waals surface area contributed by atoms with Gasteiger partial charge in [-0.1, -0.05) is 12.1 Å². The van der Waals surface area contributed by atoms with Crippen molar-refractivity contribution >= 4 is 17.3 Å². The number of carbonyl (C=O) groups excluding carboxylic acids is 1. The Morgan fingerprint density at radius 2 is 2.00 bits per heavy atom. The lowest BCUT2D eigenvalue weighted by Crippen LogP contribution is -2.27. The third-order valence-electron chi connectivity index (χ3n) is 4.54. The molecule has 2 aromatic carbocycles. The van der Waals surface area contributed by atoms with Crippen LogP contribution in [0.4, 0.5) is 11.4 Å². The second-order valence-electron chi connectivity index (χ2n) is 6.30. The fourth-order valence-electron chi connectivity index (χ4n) is 3.07. The maximum Gasteiger partial charge on any atom is 0.253 e. The molecule has 25 heavy (non-hydrogen) atoms. The molecule has 1 aliphatic rings. The van der Waals surface area contributed by atoms with E-state index in [0.717, 1.165) is 36.6 Å². The Kier molecular flexibility index (Phi) is 5.90. The van der Waals surface area contributed by atoms with E-state index in [9.17, 15) is 4.79 Å². The van der Waals surface area contributed by atoms with Crippen LogP contribution in [0.1, 0.15) is 23.2 Å². The first-order valence-corrected chi connectivity index (χ1v) is 8.75. The predicted molar refractivity (Wildman–Crippen MR) is 101 cm³/mol. The molecule has 3 rings (SSSR count). The first kappa shape index (κ1) is 17.3. The normalized spacial score (nSPS) is 16.4. The van der Waals surface area contributed by atoms with Crippen molar-refractivity contribution in [2.75, 3.05) is 32.1 Å². The van der Waals surface area contributed by atoms with Gasteiger partial charge in [0.1, 0.15) is 5.75 Å². The van der Waals surface area contributed by atoms with Crippen LogP contribution in [0.15, 0.2) is 48.5 Å². The number of hydrogen-bond acceptors (Lipinski definition) is 4. The SMILES string of the molecule is COc1ccc(Nc2ccccc2C(=O)NCCC2CCNC2)cc1. The molecule has 5 heteroatoms. The van der Waals surface area contributed by atoms with E-state index in [2.05, 4.69) is 16.0 Å². The van der Waals surface area contributed by atoms with Crippen LogP contribution in [0.2, 0.25) is 0 Å². The van der Waals surface area contributed by atoms with Gasteiger partial charge in [-0.15, -0.1) is 0 Å². The molecular weight excluding hydrogens is 314 g/mol. The number of nitrogens with one attached hydrogen (secondary N) is 3. The Bertz CT molecular complexity index is 694. The number of rotatable bonds is 7. The second-order valence-corrected chi connectivity index (χ2v) is 6.30. The standard InChI is InChI=1S/C20H25N3O2/c1-25-17-8-6-16(7-9-17)23-19-5-3-2-4-18(19)20(24)22-13-11-15-10-12-21-14-15/h2-9,15,21,23H,10-14H2,1H3,(H,22,24). The number of benzene rings is 2. The van der Waals surface area contributed by atoms with Gasteiger partial charge in [0.15, 0.2) is 0 Å². The summed E-state index contributed by atoms with van der Waals surface area (Å²) < 4.78 is 5.17. The van der Waals surface area contributed by atoms with Gasteiger partial charge in [0.25, 0.3) is 5.91 Å². The molecule has 1 unspecified atom stereocenters. The summed E-state index contributed by atoms with van der Waals surface area (Å²) in [5.74, 6) is 1.44. The number of carbonyl (C=O) groups is 1. The maximum atomic E-state index is 12.5. The molecule has 0 bridgehead atoms. The van der Waals surface area contributed by atoms with Crippen LogP contribution < -0.4 is 20.7 Å². The molecule has 1 fully saturated rings. The summed E-state index contributed by atoms with van der Waals surface area (Å²) >= 11 is 0. The first-order valence-electron chi connectivity index (χ1n) is 8.75. The molecule has 2 aromatic rings. The lowest BCUT2D eigenvalue weighted by molar-refractivity contribution is 0.0952. The first-order chi connectivity index (χ1) is 12.3. The summed E-state index contributed by atoms with van der Waals surface area (Å²) in [6.45, 7) is 2.86. The highest BCUT2D eigenvalue weighted by atomic mass is 16.5. The Hall–Kier alpha value is -2.53. The molecule has 1 aliphatic heterocycles. The van der Waals surface area contributed by atoms with Crippen molar-refractivity contribution in [3.05, 3.63) is 54.1 Å². The Balaban J connectivity index is 1.61. The zero-order valence-corrected chi connectivity index (χ0v) is 14.5. The van der Waals surface area contributed by atoms with Gasteiger partial charge in [-0.3, -0.25) is 4.79 Å². The smallest absolute Gasteiger partial charge is 0.253 e. The number of ether oxygens (including phenoxy) is 1. The Labute approximate surface area is 148 Å². The van der Waals surface area contributed by atoms with Gasteiger partial charge in [-0.25, -0.2) is 0 Å². The van der Waals surface area contributed by atoms with Crippen LogP contribution in [0.25, 0.3) is 0 Å². The minimum absolute atomic E-state index is 0.0393. The van der Waals surface area contributed by atoms with E-state index < -0.39 is 0 Å². The molecule has 0 radical (unpaired) electrons. The molecule has 1 atom stereocenters. The largest absolute Gasteiger partial charge is 0.497 e. The van der Waals surface area contributed by atoms with Gasteiger partial charge in [0.2, 0.25) is 0 Å². The van der Waals surface area contributed by atoms with Gasteiger partial charge in [0, 0.05) is 12.2 Å². The summed E-state index contributed by atoms with van der Waals surface area (Å²) in [6, 6.07) is 15.2. The molecule has 5 nitrogen and oxygen atoms in total. The second kappa shape index (κ2) is 8.53. The van der Waals surface area contributed by atoms with Crippen LogP contribution >= 0.6 is 0 Å². The van der Waals surface area contributed by atoms with Crippen LogP contribution in [0.3, 0.4) is 0 Å². The molecule has 1 saturated heterocycles. The molecule has 1 heterocycles. The van der Waals surface area contributed by atoms with Gasteiger partial charge in [-0.2, -0.15) is 0 Å². The molecule has 1 amide bonds. The highest BCUT2D eigenvalue weighted by Crippen LogP contribution is 2.23. The summed E-state index contributed by atoms with van der Waals surface area (Å²) in [5.41, 5.74) is 2.37. The van der Waals surface area contributed by atoms with E-state index in [-0.39, 0.29) is 5.91 Å². The van der Waals surface area contributed by atoms with Crippen LogP contribution in [-0.4, -0.2) is 32.7 Å². The molecule has 0 spiro atoms. The minimum atomic E-state index is -0.0393. The van der Waals surface area contributed by atoms with E-state index >= 15 is 0 Å². The lowest BCUT2D eigenvalue weighted by Gasteiger charge is -2.13. The third-order valence-corrected chi connectivity index (χ3v) is 4.54. The maximum absolute atomic E-state index is 12.5. The van der Waals surface area contributed by atoms with Gasteiger partial charge >= 0.3 is 0 Å². The Morgan fingerprint density at radius 1 is 1.20 bits per heavy atom. The topological polar surface area (TPSA) is 62.4 Å². The lowest BCUT2D eigenvalue weighted by atomic mass is 10.1. The molecule has 0 aliphatic carbocycles. The number of anilines is 2. The van der Waals surface area contributed by atoms with Crippen molar-refractivity contribution in [1.82, 2.24) is 10.6 Å². The highest BCUT2D eigenvalue weighted by Gasteiger charge is 2.15. The number of para-hydroxylation sites is 1. The zero-order chi connectivity index (χ0) is 17.5. The monoisotopic (exact) mass is 339 g/mol. The number of hydrogen-bond donors (Lipinski definition) is 3. The van der Waals surface area contributed by atoms with Crippen molar-refractivity contribution in [3.8, 4) is 5.75 Å². The summed E-state index contributed by atoms with van der Waals surface area (Å²) in [4.78, 5) is 12.5. The van der Waals surface area contributed by atoms with E-state index in [1.165, 1.54) is 6.42 Å². The predicted octanol–water partition coefficient (Wildman–Crippen LogP) is 3.17. The summed E-state index contributed by atoms with van der Waals surface area (Å²) in [5, 5.41) is 9.71. The fourth-order valence-corrected chi connectivity index (χ4v) is 3.07. The van der Waals surface area contributed by atoms with Gasteiger partial charge in [-0.05, 0) is 68.2 Å². The molecule has 0 saturated carbocycles. The van der Waals surface area contributed by atoms with Crippen molar-refractivity contribution < 1.29 is 9.53 Å². The fraction of sp³-hybridized carbons (Fsp3) is 0.350. The van der Waals surface area contributed by atoms with E-state index in [0.29, 0.717) is 18.0 Å². The van der Waals surface area contributed by atoms with Crippen LogP contribution in [0.5, 0.6) is 5.75 Å². The minimum Gasteiger partial charge on any atom is -0.497 e. The highest BCUT2D eigenvalue weighted by molar-refractivity contribution is 6.00.